The molecule has 0 aliphatic heterocycles. The van der Waals surface area contributed by atoms with E-state index < -0.39 is 10.8 Å². The lowest BCUT2D eigenvalue weighted by Gasteiger charge is -2.12. The van der Waals surface area contributed by atoms with E-state index in [1.54, 1.807) is 6.92 Å². The third-order valence-corrected chi connectivity index (χ3v) is 4.05. The summed E-state index contributed by atoms with van der Waals surface area (Å²) in [6, 6.07) is 0. The first-order chi connectivity index (χ1) is 5.00. The molecule has 0 saturated heterocycles. The minimum absolute atomic E-state index is 0.0173. The molecule has 0 rings (SSSR count). The molecule has 0 fully saturated rings. The molecule has 3 heteroatoms. The van der Waals surface area contributed by atoms with E-state index in [-0.39, 0.29) is 16.3 Å². The van der Waals surface area contributed by atoms with Crippen molar-refractivity contribution in [2.24, 2.45) is 0 Å². The summed E-state index contributed by atoms with van der Waals surface area (Å²) in [5.74, 6) is 0.0173. The Morgan fingerprint density at radius 2 is 1.91 bits per heavy atom. The third-order valence-electron chi connectivity index (χ3n) is 1.89. The first-order valence-corrected chi connectivity index (χ1v) is 5.18. The molecule has 0 aliphatic carbocycles. The Kier molecular flexibility index (Phi) is 4.57. The van der Waals surface area contributed by atoms with Crippen molar-refractivity contribution in [3.8, 4) is 0 Å². The van der Waals surface area contributed by atoms with E-state index >= 15 is 0 Å². The highest BCUT2D eigenvalue weighted by atomic mass is 32.2. The van der Waals surface area contributed by atoms with Gasteiger partial charge in [0.2, 0.25) is 0 Å². The van der Waals surface area contributed by atoms with E-state index in [1.165, 1.54) is 6.92 Å². The monoisotopic (exact) mass is 176 g/mol. The van der Waals surface area contributed by atoms with Crippen LogP contribution in [0.5, 0.6) is 0 Å². The summed E-state index contributed by atoms with van der Waals surface area (Å²) < 4.78 is 11.4. The Balaban J connectivity index is 4.13. The molecule has 0 N–H and O–H groups in total. The molecule has 11 heavy (non-hydrogen) atoms. The van der Waals surface area contributed by atoms with Gasteiger partial charge in [-0.05, 0) is 20.3 Å². The number of carbonyl (C=O) groups excluding carboxylic acids is 1. The summed E-state index contributed by atoms with van der Waals surface area (Å²) in [4.78, 5) is 10.8. The number of ketones is 1. The molecule has 0 aromatic rings. The van der Waals surface area contributed by atoms with Crippen molar-refractivity contribution < 1.29 is 9.00 Å². The molecule has 0 saturated carbocycles. The van der Waals surface area contributed by atoms with Crippen LogP contribution in [0.1, 0.15) is 34.1 Å². The van der Waals surface area contributed by atoms with Crippen LogP contribution in [0.3, 0.4) is 0 Å². The van der Waals surface area contributed by atoms with Crippen LogP contribution in [0.4, 0.5) is 0 Å². The van der Waals surface area contributed by atoms with Crippen molar-refractivity contribution in [2.45, 2.75) is 44.6 Å². The van der Waals surface area contributed by atoms with Crippen LogP contribution in [0, 0.1) is 0 Å². The average molecular weight is 176 g/mol. The molecule has 3 atom stereocenters. The standard InChI is InChI=1S/C8H16O2S/c1-5-6(2)11(10)8(4)7(3)9/h6,8H,5H2,1-4H3. The summed E-state index contributed by atoms with van der Waals surface area (Å²) in [6.45, 7) is 7.11. The van der Waals surface area contributed by atoms with Gasteiger partial charge in [0.15, 0.2) is 0 Å². The molecule has 0 radical (unpaired) electrons. The van der Waals surface area contributed by atoms with Gasteiger partial charge in [0.1, 0.15) is 5.78 Å². The van der Waals surface area contributed by atoms with Crippen LogP contribution in [0.2, 0.25) is 0 Å². The fourth-order valence-electron chi connectivity index (χ4n) is 0.676. The van der Waals surface area contributed by atoms with Gasteiger partial charge in [-0.3, -0.25) is 9.00 Å². The molecule has 2 nitrogen and oxygen atoms in total. The minimum atomic E-state index is -0.989. The molecule has 0 spiro atoms. The van der Waals surface area contributed by atoms with Gasteiger partial charge in [-0.25, -0.2) is 0 Å². The Morgan fingerprint density at radius 1 is 1.45 bits per heavy atom. The summed E-state index contributed by atoms with van der Waals surface area (Å²) in [5.41, 5.74) is 0. The zero-order chi connectivity index (χ0) is 9.02. The predicted octanol–water partition coefficient (Wildman–Crippen LogP) is 1.51. The highest BCUT2D eigenvalue weighted by Crippen LogP contribution is 2.07. The van der Waals surface area contributed by atoms with Gasteiger partial charge in [0.25, 0.3) is 0 Å². The molecule has 0 heterocycles. The Hall–Kier alpha value is -0.180. The molecule has 0 aliphatic rings. The maximum Gasteiger partial charge on any atom is 0.145 e. The summed E-state index contributed by atoms with van der Waals surface area (Å²) >= 11 is 0. The molecule has 0 amide bonds. The first kappa shape index (κ1) is 10.8. The van der Waals surface area contributed by atoms with Gasteiger partial charge < -0.3 is 0 Å². The van der Waals surface area contributed by atoms with Crippen molar-refractivity contribution in [1.29, 1.82) is 0 Å². The van der Waals surface area contributed by atoms with Crippen molar-refractivity contribution in [3.63, 3.8) is 0 Å². The van der Waals surface area contributed by atoms with Crippen molar-refractivity contribution >= 4 is 16.6 Å². The van der Waals surface area contributed by atoms with E-state index in [1.807, 2.05) is 13.8 Å². The van der Waals surface area contributed by atoms with Crippen molar-refractivity contribution in [2.75, 3.05) is 0 Å². The fourth-order valence-corrected chi connectivity index (χ4v) is 2.03. The number of hydrogen-bond acceptors (Lipinski definition) is 2. The molecule has 0 aromatic carbocycles. The van der Waals surface area contributed by atoms with Crippen LogP contribution in [0.15, 0.2) is 0 Å². The first-order valence-electron chi connectivity index (χ1n) is 3.90. The molecular formula is C8H16O2S. The van der Waals surface area contributed by atoms with Crippen molar-refractivity contribution in [3.05, 3.63) is 0 Å². The lowest BCUT2D eigenvalue weighted by molar-refractivity contribution is -0.116. The fraction of sp³-hybridized carbons (Fsp3) is 0.875. The SMILES string of the molecule is CCC(C)S(=O)C(C)C(C)=O. The smallest absolute Gasteiger partial charge is 0.145 e. The predicted molar refractivity (Wildman–Crippen MR) is 48.0 cm³/mol. The number of hydrogen-bond donors (Lipinski definition) is 0. The Morgan fingerprint density at radius 3 is 2.18 bits per heavy atom. The van der Waals surface area contributed by atoms with E-state index in [4.69, 9.17) is 0 Å². The Labute approximate surface area is 70.8 Å². The summed E-state index contributed by atoms with van der Waals surface area (Å²) in [5, 5.41) is -0.168. The largest absolute Gasteiger partial charge is 0.299 e. The lowest BCUT2D eigenvalue weighted by atomic mass is 10.3. The highest BCUT2D eigenvalue weighted by Gasteiger charge is 2.19. The minimum Gasteiger partial charge on any atom is -0.299 e. The number of rotatable bonds is 4. The molecule has 0 aromatic heterocycles. The summed E-state index contributed by atoms with van der Waals surface area (Å²) in [7, 11) is -0.989. The van der Waals surface area contributed by atoms with Gasteiger partial charge in [-0.15, -0.1) is 0 Å². The average Bonchev–Trinajstić information content (AvgIpc) is 2.00. The van der Waals surface area contributed by atoms with Gasteiger partial charge in [-0.1, -0.05) is 13.8 Å². The molecule has 3 unspecified atom stereocenters. The zero-order valence-corrected chi connectivity index (χ0v) is 8.40. The van der Waals surface area contributed by atoms with E-state index in [0.717, 1.165) is 6.42 Å². The lowest BCUT2D eigenvalue weighted by Crippen LogP contribution is -2.26. The molecule has 66 valence electrons. The zero-order valence-electron chi connectivity index (χ0n) is 7.59. The molecule has 0 bridgehead atoms. The topological polar surface area (TPSA) is 34.1 Å². The normalized spacial score (nSPS) is 18.9. The third kappa shape index (κ3) is 3.14. The Bertz CT molecular complexity index is 165. The van der Waals surface area contributed by atoms with Crippen LogP contribution in [-0.2, 0) is 15.6 Å². The van der Waals surface area contributed by atoms with Crippen LogP contribution >= 0.6 is 0 Å². The van der Waals surface area contributed by atoms with E-state index in [2.05, 4.69) is 0 Å². The van der Waals surface area contributed by atoms with Crippen LogP contribution in [0.25, 0.3) is 0 Å². The van der Waals surface area contributed by atoms with Crippen LogP contribution in [-0.4, -0.2) is 20.5 Å². The molecular weight excluding hydrogens is 160 g/mol. The highest BCUT2D eigenvalue weighted by molar-refractivity contribution is 7.87. The van der Waals surface area contributed by atoms with Gasteiger partial charge in [0.05, 0.1) is 5.25 Å². The second-order valence-corrected chi connectivity index (χ2v) is 4.97. The van der Waals surface area contributed by atoms with Gasteiger partial charge >= 0.3 is 0 Å². The maximum atomic E-state index is 11.4. The second-order valence-electron chi connectivity index (χ2n) is 2.80. The second kappa shape index (κ2) is 4.65. The number of Topliss-reactive ketones (excluding diaryl/α,β-unsaturated/α-hetero) is 1. The van der Waals surface area contributed by atoms with Gasteiger partial charge in [0, 0.05) is 16.0 Å². The van der Waals surface area contributed by atoms with Gasteiger partial charge in [-0.2, -0.15) is 0 Å². The van der Waals surface area contributed by atoms with E-state index in [0.29, 0.717) is 0 Å². The van der Waals surface area contributed by atoms with Crippen molar-refractivity contribution in [1.82, 2.24) is 0 Å². The van der Waals surface area contributed by atoms with E-state index in [9.17, 15) is 9.00 Å². The summed E-state index contributed by atoms with van der Waals surface area (Å²) in [6.07, 6.45) is 0.865. The number of carbonyl (C=O) groups is 1. The van der Waals surface area contributed by atoms with Crippen LogP contribution < -0.4 is 0 Å². The quantitative estimate of drug-likeness (QED) is 0.650. The maximum absolute atomic E-state index is 11.4.